The minimum absolute atomic E-state index is 0.182. The zero-order valence-corrected chi connectivity index (χ0v) is 12.0. The largest absolute Gasteiger partial charge is 0.468 e. The van der Waals surface area contributed by atoms with E-state index in [0.717, 1.165) is 10.4 Å². The first-order valence-electron chi connectivity index (χ1n) is 5.73. The molecule has 0 aliphatic heterocycles. The lowest BCUT2D eigenvalue weighted by atomic mass is 10.1. The van der Waals surface area contributed by atoms with Crippen molar-refractivity contribution in [1.29, 1.82) is 0 Å². The van der Waals surface area contributed by atoms with Crippen LogP contribution in [0, 0.1) is 13.8 Å². The fraction of sp³-hybridized carbons (Fsp3) is 0.364. The first-order valence-corrected chi connectivity index (χ1v) is 6.54. The molecule has 0 aliphatic rings. The van der Waals surface area contributed by atoms with E-state index in [1.54, 1.807) is 0 Å². The highest BCUT2D eigenvalue weighted by atomic mass is 32.1. The maximum atomic E-state index is 12.2. The number of hydrogen-bond acceptors (Lipinski definition) is 7. The van der Waals surface area contributed by atoms with Gasteiger partial charge in [-0.3, -0.25) is 9.59 Å². The summed E-state index contributed by atoms with van der Waals surface area (Å²) in [5, 5.41) is 14.0. The smallest absolute Gasteiger partial charge is 0.325 e. The van der Waals surface area contributed by atoms with Crippen molar-refractivity contribution >= 4 is 23.2 Å². The van der Waals surface area contributed by atoms with Crippen LogP contribution in [0.4, 0.5) is 0 Å². The fourth-order valence-electron chi connectivity index (χ4n) is 1.61. The molecular formula is C11H13N5O3S. The molecule has 20 heavy (non-hydrogen) atoms. The lowest BCUT2D eigenvalue weighted by Gasteiger charge is -2.06. The summed E-state index contributed by atoms with van der Waals surface area (Å²) in [5.74, 6) is -0.866. The number of carbonyl (C=O) groups excluding carboxylic acids is 2. The topological polar surface area (TPSA) is 99.0 Å². The van der Waals surface area contributed by atoms with Gasteiger partial charge in [0.1, 0.15) is 17.9 Å². The molecule has 9 heteroatoms. The second-order valence-electron chi connectivity index (χ2n) is 3.98. The minimum atomic E-state index is -0.507. The van der Waals surface area contributed by atoms with Gasteiger partial charge >= 0.3 is 5.97 Å². The molecule has 0 saturated heterocycles. The molecule has 2 aromatic heterocycles. The number of tetrazole rings is 1. The molecule has 0 atom stereocenters. The normalized spacial score (nSPS) is 10.3. The van der Waals surface area contributed by atoms with Crippen LogP contribution in [0.2, 0.25) is 0 Å². The maximum absolute atomic E-state index is 12.2. The Labute approximate surface area is 118 Å². The van der Waals surface area contributed by atoms with Crippen LogP contribution in [0.25, 0.3) is 5.00 Å². The van der Waals surface area contributed by atoms with Gasteiger partial charge in [-0.1, -0.05) is 0 Å². The highest BCUT2D eigenvalue weighted by Gasteiger charge is 2.21. The second kappa shape index (κ2) is 5.78. The molecule has 0 aromatic carbocycles. The third-order valence-corrected chi connectivity index (χ3v) is 3.97. The van der Waals surface area contributed by atoms with Crippen LogP contribution in [-0.2, 0) is 9.53 Å². The van der Waals surface area contributed by atoms with Crippen LogP contribution in [0.3, 0.4) is 0 Å². The average Bonchev–Trinajstić information content (AvgIpc) is 3.05. The molecule has 2 rings (SSSR count). The zero-order valence-electron chi connectivity index (χ0n) is 11.2. The van der Waals surface area contributed by atoms with Crippen LogP contribution in [-0.4, -0.2) is 45.7 Å². The first-order chi connectivity index (χ1) is 9.54. The van der Waals surface area contributed by atoms with E-state index >= 15 is 0 Å². The number of hydrogen-bond donors (Lipinski definition) is 1. The van der Waals surface area contributed by atoms with Crippen LogP contribution in [0.15, 0.2) is 6.33 Å². The van der Waals surface area contributed by atoms with Crippen LogP contribution in [0.1, 0.15) is 20.8 Å². The van der Waals surface area contributed by atoms with E-state index in [2.05, 4.69) is 25.6 Å². The zero-order chi connectivity index (χ0) is 14.7. The van der Waals surface area contributed by atoms with Crippen molar-refractivity contribution in [3.05, 3.63) is 22.3 Å². The summed E-state index contributed by atoms with van der Waals surface area (Å²) in [7, 11) is 1.26. The molecule has 0 aliphatic carbocycles. The SMILES string of the molecule is COC(=O)CNC(=O)c1c(-n2cnnn2)sc(C)c1C. The van der Waals surface area contributed by atoms with Crippen molar-refractivity contribution in [2.24, 2.45) is 0 Å². The number of methoxy groups -OCH3 is 1. The third-order valence-electron chi connectivity index (χ3n) is 2.77. The van der Waals surface area contributed by atoms with Gasteiger partial charge in [0.25, 0.3) is 5.91 Å². The van der Waals surface area contributed by atoms with E-state index in [1.165, 1.54) is 29.5 Å². The summed E-state index contributed by atoms with van der Waals surface area (Å²) in [4.78, 5) is 24.3. The Balaban J connectivity index is 2.31. The van der Waals surface area contributed by atoms with Gasteiger partial charge in [-0.25, -0.2) is 0 Å². The molecule has 8 nitrogen and oxygen atoms in total. The molecule has 2 heterocycles. The Morgan fingerprint density at radius 1 is 1.45 bits per heavy atom. The standard InChI is InChI=1S/C11H13N5O3S/c1-6-7(2)20-11(16-5-13-14-15-16)9(6)10(18)12-4-8(17)19-3/h5H,4H2,1-3H3,(H,12,18). The second-order valence-corrected chi connectivity index (χ2v) is 5.18. The summed E-state index contributed by atoms with van der Waals surface area (Å²) in [6.07, 6.45) is 1.42. The van der Waals surface area contributed by atoms with E-state index in [1.807, 2.05) is 13.8 Å². The molecule has 0 spiro atoms. The third kappa shape index (κ3) is 2.67. The van der Waals surface area contributed by atoms with E-state index in [9.17, 15) is 9.59 Å². The molecular weight excluding hydrogens is 282 g/mol. The molecule has 2 aromatic rings. The van der Waals surface area contributed by atoms with Crippen molar-refractivity contribution in [2.45, 2.75) is 13.8 Å². The summed E-state index contributed by atoms with van der Waals surface area (Å²) in [6, 6.07) is 0. The van der Waals surface area contributed by atoms with Crippen molar-refractivity contribution in [2.75, 3.05) is 13.7 Å². The summed E-state index contributed by atoms with van der Waals surface area (Å²) in [5.41, 5.74) is 1.30. The van der Waals surface area contributed by atoms with E-state index in [4.69, 9.17) is 0 Å². The number of nitrogens with one attached hydrogen (secondary N) is 1. The average molecular weight is 295 g/mol. The number of aryl methyl sites for hydroxylation is 1. The molecule has 0 fully saturated rings. The molecule has 0 bridgehead atoms. The van der Waals surface area contributed by atoms with Gasteiger partial charge in [0.15, 0.2) is 0 Å². The Bertz CT molecular complexity index is 635. The Morgan fingerprint density at radius 2 is 2.20 bits per heavy atom. The van der Waals surface area contributed by atoms with Gasteiger partial charge in [0, 0.05) is 4.88 Å². The molecule has 1 amide bonds. The summed E-state index contributed by atoms with van der Waals surface area (Å²) < 4.78 is 5.91. The van der Waals surface area contributed by atoms with E-state index in [-0.39, 0.29) is 12.5 Å². The van der Waals surface area contributed by atoms with Crippen molar-refractivity contribution in [3.8, 4) is 5.00 Å². The molecule has 0 saturated carbocycles. The number of thiophene rings is 1. The van der Waals surface area contributed by atoms with Gasteiger partial charge in [0.05, 0.1) is 12.7 Å². The molecule has 1 N–H and O–H groups in total. The van der Waals surface area contributed by atoms with Crippen molar-refractivity contribution in [1.82, 2.24) is 25.5 Å². The summed E-state index contributed by atoms with van der Waals surface area (Å²) in [6.45, 7) is 3.57. The van der Waals surface area contributed by atoms with Crippen LogP contribution >= 0.6 is 11.3 Å². The number of amides is 1. The van der Waals surface area contributed by atoms with E-state index in [0.29, 0.717) is 10.6 Å². The van der Waals surface area contributed by atoms with Gasteiger partial charge < -0.3 is 10.1 Å². The van der Waals surface area contributed by atoms with Gasteiger partial charge in [-0.2, -0.15) is 4.68 Å². The number of rotatable bonds is 4. The highest BCUT2D eigenvalue weighted by molar-refractivity contribution is 7.15. The minimum Gasteiger partial charge on any atom is -0.468 e. The highest BCUT2D eigenvalue weighted by Crippen LogP contribution is 2.29. The number of aromatic nitrogens is 4. The number of esters is 1. The lowest BCUT2D eigenvalue weighted by molar-refractivity contribution is -0.139. The Morgan fingerprint density at radius 3 is 2.80 bits per heavy atom. The predicted octanol–water partition coefficient (Wildman–Crippen LogP) is 0.243. The quantitative estimate of drug-likeness (QED) is 0.811. The first kappa shape index (κ1) is 14.1. The van der Waals surface area contributed by atoms with Crippen molar-refractivity contribution < 1.29 is 14.3 Å². The lowest BCUT2D eigenvalue weighted by Crippen LogP contribution is -2.31. The predicted molar refractivity (Wildman–Crippen MR) is 70.9 cm³/mol. The maximum Gasteiger partial charge on any atom is 0.325 e. The monoisotopic (exact) mass is 295 g/mol. The van der Waals surface area contributed by atoms with Gasteiger partial charge in [-0.05, 0) is 29.8 Å². The molecule has 106 valence electrons. The summed E-state index contributed by atoms with van der Waals surface area (Å²) >= 11 is 1.41. The number of nitrogens with zero attached hydrogens (tertiary/aromatic N) is 4. The number of carbonyl (C=O) groups is 2. The van der Waals surface area contributed by atoms with Gasteiger partial charge in [0.2, 0.25) is 0 Å². The Kier molecular flexibility index (Phi) is 4.08. The fourth-order valence-corrected chi connectivity index (χ4v) is 2.68. The van der Waals surface area contributed by atoms with Crippen LogP contribution < -0.4 is 5.32 Å². The van der Waals surface area contributed by atoms with Crippen LogP contribution in [0.5, 0.6) is 0 Å². The number of ether oxygens (including phenoxy) is 1. The van der Waals surface area contributed by atoms with Crippen molar-refractivity contribution in [3.63, 3.8) is 0 Å². The molecule has 0 unspecified atom stereocenters. The Hall–Kier alpha value is -2.29. The van der Waals surface area contributed by atoms with Gasteiger partial charge in [-0.15, -0.1) is 16.4 Å². The van der Waals surface area contributed by atoms with E-state index < -0.39 is 5.97 Å². The molecule has 0 radical (unpaired) electrons.